The maximum absolute atomic E-state index is 12.2. The first-order valence-electron chi connectivity index (χ1n) is 6.80. The predicted molar refractivity (Wildman–Crippen MR) is 91.0 cm³/mol. The van der Waals surface area contributed by atoms with Crippen molar-refractivity contribution in [3.63, 3.8) is 0 Å². The molecule has 24 heavy (non-hydrogen) atoms. The molecule has 9 heteroatoms. The zero-order valence-corrected chi connectivity index (χ0v) is 13.9. The third kappa shape index (κ3) is 3.64. The normalized spacial score (nSPS) is 10.5. The zero-order chi connectivity index (χ0) is 17.1. The maximum atomic E-state index is 12.2. The molecule has 0 atom stereocenters. The van der Waals surface area contributed by atoms with Gasteiger partial charge in [0.05, 0.1) is 15.7 Å². The van der Waals surface area contributed by atoms with Gasteiger partial charge in [-0.2, -0.15) is 0 Å². The van der Waals surface area contributed by atoms with Crippen molar-refractivity contribution in [2.45, 2.75) is 6.92 Å². The summed E-state index contributed by atoms with van der Waals surface area (Å²) in [6.45, 7) is 1.73. The SMILES string of the molecule is Cc1cc(NC(=O)c2cc(Nc3cccc(Cl)c3Cl)ncn2)no1. The van der Waals surface area contributed by atoms with Crippen molar-refractivity contribution in [3.8, 4) is 0 Å². The minimum Gasteiger partial charge on any atom is -0.360 e. The lowest BCUT2D eigenvalue weighted by molar-refractivity contribution is 0.102. The molecule has 0 fully saturated rings. The number of halogens is 2. The lowest BCUT2D eigenvalue weighted by Crippen LogP contribution is -2.14. The summed E-state index contributed by atoms with van der Waals surface area (Å²) >= 11 is 12.1. The fraction of sp³-hybridized carbons (Fsp3) is 0.0667. The molecule has 0 aliphatic carbocycles. The van der Waals surface area contributed by atoms with Crippen molar-refractivity contribution < 1.29 is 9.32 Å². The van der Waals surface area contributed by atoms with Crippen molar-refractivity contribution in [3.05, 3.63) is 58.2 Å². The van der Waals surface area contributed by atoms with E-state index >= 15 is 0 Å². The van der Waals surface area contributed by atoms with Gasteiger partial charge in [0.25, 0.3) is 5.91 Å². The monoisotopic (exact) mass is 363 g/mol. The van der Waals surface area contributed by atoms with E-state index in [1.807, 2.05) is 0 Å². The van der Waals surface area contributed by atoms with Crippen LogP contribution in [0.3, 0.4) is 0 Å². The van der Waals surface area contributed by atoms with Gasteiger partial charge in [0.2, 0.25) is 0 Å². The number of aromatic nitrogens is 3. The molecule has 0 spiro atoms. The van der Waals surface area contributed by atoms with Crippen molar-refractivity contribution in [2.24, 2.45) is 0 Å². The fourth-order valence-electron chi connectivity index (χ4n) is 1.89. The predicted octanol–water partition coefficient (Wildman–Crippen LogP) is 4.08. The molecule has 1 aromatic carbocycles. The first kappa shape index (κ1) is 16.2. The Morgan fingerprint density at radius 3 is 2.75 bits per heavy atom. The summed E-state index contributed by atoms with van der Waals surface area (Å²) in [6.07, 6.45) is 1.27. The number of hydrogen-bond acceptors (Lipinski definition) is 6. The van der Waals surface area contributed by atoms with Crippen molar-refractivity contribution in [1.29, 1.82) is 0 Å². The molecular weight excluding hydrogens is 353 g/mol. The molecule has 7 nitrogen and oxygen atoms in total. The van der Waals surface area contributed by atoms with Gasteiger partial charge in [-0.3, -0.25) is 4.79 Å². The lowest BCUT2D eigenvalue weighted by atomic mass is 10.3. The quantitative estimate of drug-likeness (QED) is 0.725. The Balaban J connectivity index is 1.78. The molecule has 3 rings (SSSR count). The van der Waals surface area contributed by atoms with Gasteiger partial charge in [-0.1, -0.05) is 34.4 Å². The van der Waals surface area contributed by atoms with E-state index in [2.05, 4.69) is 25.8 Å². The van der Waals surface area contributed by atoms with Gasteiger partial charge in [-0.05, 0) is 19.1 Å². The molecular formula is C15H11Cl2N5O2. The van der Waals surface area contributed by atoms with Gasteiger partial charge in [0.1, 0.15) is 23.6 Å². The molecule has 0 aliphatic rings. The summed E-state index contributed by atoms with van der Waals surface area (Å²) in [5.41, 5.74) is 0.729. The molecule has 122 valence electrons. The average molecular weight is 364 g/mol. The number of carbonyl (C=O) groups is 1. The second kappa shape index (κ2) is 6.86. The van der Waals surface area contributed by atoms with Crippen LogP contribution in [-0.2, 0) is 0 Å². The van der Waals surface area contributed by atoms with Gasteiger partial charge in [-0.15, -0.1) is 0 Å². The summed E-state index contributed by atoms with van der Waals surface area (Å²) in [7, 11) is 0. The Labute approximate surface area is 147 Å². The minimum absolute atomic E-state index is 0.159. The summed E-state index contributed by atoms with van der Waals surface area (Å²) in [6, 6.07) is 8.25. The number of amides is 1. The molecule has 1 amide bonds. The largest absolute Gasteiger partial charge is 0.360 e. The van der Waals surface area contributed by atoms with Gasteiger partial charge in [0, 0.05) is 12.1 Å². The van der Waals surface area contributed by atoms with Gasteiger partial charge in [-0.25, -0.2) is 9.97 Å². The molecule has 0 radical (unpaired) electrons. The third-order valence-corrected chi connectivity index (χ3v) is 3.80. The molecule has 0 bridgehead atoms. The average Bonchev–Trinajstić information content (AvgIpc) is 2.97. The fourth-order valence-corrected chi connectivity index (χ4v) is 2.24. The first-order chi connectivity index (χ1) is 11.5. The number of rotatable bonds is 4. The van der Waals surface area contributed by atoms with E-state index in [0.29, 0.717) is 33.1 Å². The smallest absolute Gasteiger partial charge is 0.275 e. The molecule has 0 aliphatic heterocycles. The van der Waals surface area contributed by atoms with Crippen LogP contribution in [0.25, 0.3) is 0 Å². The van der Waals surface area contributed by atoms with Gasteiger partial charge in [0.15, 0.2) is 5.82 Å². The van der Waals surface area contributed by atoms with Crippen LogP contribution in [0.5, 0.6) is 0 Å². The zero-order valence-electron chi connectivity index (χ0n) is 12.4. The highest BCUT2D eigenvalue weighted by atomic mass is 35.5. The summed E-state index contributed by atoms with van der Waals surface area (Å²) in [4.78, 5) is 20.2. The molecule has 0 saturated carbocycles. The summed E-state index contributed by atoms with van der Waals surface area (Å²) in [5, 5.41) is 10.0. The van der Waals surface area contributed by atoms with Crippen LogP contribution in [0.2, 0.25) is 10.0 Å². The number of benzene rings is 1. The standard InChI is InChI=1S/C15H11Cl2N5O2/c1-8-5-13(22-24-8)21-15(23)11-6-12(19-7-18-11)20-10-4-2-3-9(16)14(10)17/h2-7H,1H3,(H,18,19,20)(H,21,22,23). The van der Waals surface area contributed by atoms with Crippen LogP contribution in [0.4, 0.5) is 17.3 Å². The maximum Gasteiger partial charge on any atom is 0.275 e. The van der Waals surface area contributed by atoms with Crippen LogP contribution in [0, 0.1) is 6.92 Å². The van der Waals surface area contributed by atoms with Gasteiger partial charge >= 0.3 is 0 Å². The Kier molecular flexibility index (Phi) is 4.64. The topological polar surface area (TPSA) is 92.9 Å². The lowest BCUT2D eigenvalue weighted by Gasteiger charge is -2.09. The Hall–Kier alpha value is -2.64. The molecule has 0 unspecified atom stereocenters. The van der Waals surface area contributed by atoms with E-state index in [-0.39, 0.29) is 5.69 Å². The second-order valence-electron chi connectivity index (χ2n) is 4.79. The van der Waals surface area contributed by atoms with Crippen LogP contribution < -0.4 is 10.6 Å². The number of carbonyl (C=O) groups excluding carboxylic acids is 1. The minimum atomic E-state index is -0.439. The third-order valence-electron chi connectivity index (χ3n) is 2.98. The van der Waals surface area contributed by atoms with Crippen LogP contribution >= 0.6 is 23.2 Å². The Bertz CT molecular complexity index is 897. The van der Waals surface area contributed by atoms with Crippen LogP contribution in [-0.4, -0.2) is 21.0 Å². The highest BCUT2D eigenvalue weighted by molar-refractivity contribution is 6.43. The van der Waals surface area contributed by atoms with E-state index in [0.717, 1.165) is 0 Å². The van der Waals surface area contributed by atoms with Gasteiger partial charge < -0.3 is 15.2 Å². The number of anilines is 3. The number of aryl methyl sites for hydroxylation is 1. The van der Waals surface area contributed by atoms with Crippen molar-refractivity contribution in [1.82, 2.24) is 15.1 Å². The summed E-state index contributed by atoms with van der Waals surface area (Å²) < 4.78 is 4.89. The highest BCUT2D eigenvalue weighted by Gasteiger charge is 2.12. The van der Waals surface area contributed by atoms with Crippen molar-refractivity contribution in [2.75, 3.05) is 10.6 Å². The Morgan fingerprint density at radius 2 is 2.00 bits per heavy atom. The second-order valence-corrected chi connectivity index (χ2v) is 5.58. The van der Waals surface area contributed by atoms with Crippen LogP contribution in [0.15, 0.2) is 41.2 Å². The van der Waals surface area contributed by atoms with Crippen molar-refractivity contribution >= 4 is 46.4 Å². The number of nitrogens with one attached hydrogen (secondary N) is 2. The van der Waals surface area contributed by atoms with E-state index in [1.54, 1.807) is 31.2 Å². The number of hydrogen-bond donors (Lipinski definition) is 2. The van der Waals surface area contributed by atoms with Crippen LogP contribution in [0.1, 0.15) is 16.2 Å². The van der Waals surface area contributed by atoms with E-state index in [1.165, 1.54) is 12.4 Å². The van der Waals surface area contributed by atoms with E-state index in [9.17, 15) is 4.79 Å². The van der Waals surface area contributed by atoms with E-state index < -0.39 is 5.91 Å². The molecule has 0 saturated heterocycles. The molecule has 3 aromatic rings. The summed E-state index contributed by atoms with van der Waals surface area (Å²) in [5.74, 6) is 0.857. The Morgan fingerprint density at radius 1 is 1.17 bits per heavy atom. The number of nitrogens with zero attached hydrogens (tertiary/aromatic N) is 3. The molecule has 2 N–H and O–H groups in total. The molecule has 2 heterocycles. The van der Waals surface area contributed by atoms with E-state index in [4.69, 9.17) is 27.7 Å². The molecule has 2 aromatic heterocycles. The highest BCUT2D eigenvalue weighted by Crippen LogP contribution is 2.31. The first-order valence-corrected chi connectivity index (χ1v) is 7.56.